The number of nitrogens with zero attached hydrogens (tertiary/aromatic N) is 4. The number of aromatic nitrogens is 4. The van der Waals surface area contributed by atoms with Crippen LogP contribution in [0.2, 0.25) is 0 Å². The molecule has 3 heterocycles. The smallest absolute Gasteiger partial charge is 0.166 e. The predicted octanol–water partition coefficient (Wildman–Crippen LogP) is 12.3. The van der Waals surface area contributed by atoms with Crippen LogP contribution < -0.4 is 0 Å². The van der Waals surface area contributed by atoms with Crippen molar-refractivity contribution < 1.29 is 0 Å². The number of rotatable bonds is 5. The standard InChI is InChI=1S/C46H30N4S/c1-29-20-23-35-34-16-8-10-18-39(34)50(41(35)26-29)40-25-22-32(33-21-24-37-36-17-9-11-19-42(36)51-43(37)28-33)27-38(40)46-48-44(30-12-4-2-5-13-30)47-45(49-46)31-14-6-3-7-15-31/h2-28H,1H3. The van der Waals surface area contributed by atoms with Crippen molar-refractivity contribution in [3.8, 4) is 51.0 Å². The molecule has 0 aliphatic rings. The van der Waals surface area contributed by atoms with Gasteiger partial charge in [-0.25, -0.2) is 15.0 Å². The third-order valence-corrected chi connectivity index (χ3v) is 10.9. The SMILES string of the molecule is Cc1ccc2c3ccccc3n(-c3ccc(-c4ccc5c(c4)sc4ccccc45)cc3-c3nc(-c4ccccc4)nc(-c4ccccc4)n3)c2c1. The number of aryl methyl sites for hydroxylation is 1. The van der Waals surface area contributed by atoms with Crippen LogP contribution in [-0.4, -0.2) is 19.5 Å². The van der Waals surface area contributed by atoms with Crippen molar-refractivity contribution in [1.82, 2.24) is 19.5 Å². The Morgan fingerprint density at radius 3 is 1.75 bits per heavy atom. The summed E-state index contributed by atoms with van der Waals surface area (Å²) >= 11 is 1.84. The maximum Gasteiger partial charge on any atom is 0.166 e. The monoisotopic (exact) mass is 670 g/mol. The van der Waals surface area contributed by atoms with Gasteiger partial charge in [-0.1, -0.05) is 127 Å². The van der Waals surface area contributed by atoms with Crippen LogP contribution in [-0.2, 0) is 0 Å². The molecule has 0 fully saturated rings. The van der Waals surface area contributed by atoms with Gasteiger partial charge in [0.2, 0.25) is 0 Å². The van der Waals surface area contributed by atoms with Crippen molar-refractivity contribution in [2.75, 3.05) is 0 Å². The van der Waals surface area contributed by atoms with E-state index in [0.29, 0.717) is 17.5 Å². The summed E-state index contributed by atoms with van der Waals surface area (Å²) in [6, 6.07) is 57.9. The summed E-state index contributed by atoms with van der Waals surface area (Å²) in [4.78, 5) is 15.5. The van der Waals surface area contributed by atoms with E-state index in [1.807, 2.05) is 47.7 Å². The maximum atomic E-state index is 5.23. The van der Waals surface area contributed by atoms with Gasteiger partial charge >= 0.3 is 0 Å². The van der Waals surface area contributed by atoms with Gasteiger partial charge in [-0.15, -0.1) is 11.3 Å². The summed E-state index contributed by atoms with van der Waals surface area (Å²) < 4.78 is 4.95. The molecule has 0 N–H and O–H groups in total. The average Bonchev–Trinajstić information content (AvgIpc) is 3.73. The molecule has 10 aromatic rings. The minimum absolute atomic E-state index is 0.626. The van der Waals surface area contributed by atoms with E-state index >= 15 is 0 Å². The molecule has 7 aromatic carbocycles. The lowest BCUT2D eigenvalue weighted by Gasteiger charge is -2.16. The molecule has 0 aliphatic carbocycles. The first-order valence-corrected chi connectivity index (χ1v) is 17.9. The van der Waals surface area contributed by atoms with E-state index in [1.165, 1.54) is 36.5 Å². The Balaban J connectivity index is 1.27. The number of para-hydroxylation sites is 1. The van der Waals surface area contributed by atoms with Gasteiger partial charge in [0.1, 0.15) is 0 Å². The highest BCUT2D eigenvalue weighted by molar-refractivity contribution is 7.25. The summed E-state index contributed by atoms with van der Waals surface area (Å²) in [6.45, 7) is 2.15. The zero-order chi connectivity index (χ0) is 33.9. The van der Waals surface area contributed by atoms with Crippen molar-refractivity contribution in [2.45, 2.75) is 6.92 Å². The van der Waals surface area contributed by atoms with Crippen molar-refractivity contribution >= 4 is 53.3 Å². The summed E-state index contributed by atoms with van der Waals surface area (Å²) in [5.41, 5.74) is 9.59. The molecular weight excluding hydrogens is 641 g/mol. The van der Waals surface area contributed by atoms with Gasteiger partial charge in [-0.3, -0.25) is 0 Å². The fraction of sp³-hybridized carbons (Fsp3) is 0.0217. The van der Waals surface area contributed by atoms with Crippen LogP contribution in [0.25, 0.3) is 93.0 Å². The second-order valence-corrected chi connectivity index (χ2v) is 14.0. The Hall–Kier alpha value is -6.43. The van der Waals surface area contributed by atoms with Gasteiger partial charge in [0, 0.05) is 47.6 Å². The van der Waals surface area contributed by atoms with E-state index in [4.69, 9.17) is 15.0 Å². The van der Waals surface area contributed by atoms with Crippen molar-refractivity contribution in [2.24, 2.45) is 0 Å². The average molecular weight is 671 g/mol. The minimum atomic E-state index is 0.626. The molecular formula is C46H30N4S. The van der Waals surface area contributed by atoms with Crippen molar-refractivity contribution in [3.05, 3.63) is 169 Å². The largest absolute Gasteiger partial charge is 0.308 e. The molecule has 0 spiro atoms. The molecule has 0 unspecified atom stereocenters. The first kappa shape index (κ1) is 29.5. The summed E-state index contributed by atoms with van der Waals surface area (Å²) in [5, 5.41) is 5.01. The van der Waals surface area contributed by atoms with Crippen LogP contribution in [0.4, 0.5) is 0 Å². The zero-order valence-electron chi connectivity index (χ0n) is 27.8. The van der Waals surface area contributed by atoms with E-state index in [0.717, 1.165) is 44.5 Å². The van der Waals surface area contributed by atoms with E-state index in [1.54, 1.807) is 0 Å². The fourth-order valence-corrected chi connectivity index (χ4v) is 8.41. The summed E-state index contributed by atoms with van der Waals surface area (Å²) in [5.74, 6) is 1.90. The highest BCUT2D eigenvalue weighted by atomic mass is 32.1. The van der Waals surface area contributed by atoms with Crippen LogP contribution in [0.3, 0.4) is 0 Å². The van der Waals surface area contributed by atoms with Gasteiger partial charge in [-0.05, 0) is 60.0 Å². The molecule has 0 saturated carbocycles. The molecule has 0 aliphatic heterocycles. The van der Waals surface area contributed by atoms with Crippen LogP contribution in [0.1, 0.15) is 5.56 Å². The summed E-state index contributed by atoms with van der Waals surface area (Å²) in [7, 11) is 0. The van der Waals surface area contributed by atoms with E-state index in [9.17, 15) is 0 Å². The molecule has 0 amide bonds. The Kier molecular flexibility index (Phi) is 6.86. The van der Waals surface area contributed by atoms with Crippen molar-refractivity contribution in [3.63, 3.8) is 0 Å². The number of thiophene rings is 1. The molecule has 0 bridgehead atoms. The molecule has 4 nitrogen and oxygen atoms in total. The second kappa shape index (κ2) is 11.9. The topological polar surface area (TPSA) is 43.6 Å². The molecule has 0 atom stereocenters. The van der Waals surface area contributed by atoms with Gasteiger partial charge < -0.3 is 4.57 Å². The maximum absolute atomic E-state index is 5.23. The predicted molar refractivity (Wildman–Crippen MR) is 214 cm³/mol. The fourth-order valence-electron chi connectivity index (χ4n) is 7.26. The first-order valence-electron chi connectivity index (χ1n) is 17.1. The van der Waals surface area contributed by atoms with Crippen LogP contribution in [0.5, 0.6) is 0 Å². The lowest BCUT2D eigenvalue weighted by atomic mass is 9.99. The number of hydrogen-bond donors (Lipinski definition) is 0. The lowest BCUT2D eigenvalue weighted by Crippen LogP contribution is -2.04. The number of hydrogen-bond acceptors (Lipinski definition) is 4. The number of benzene rings is 7. The molecule has 0 saturated heterocycles. The first-order chi connectivity index (χ1) is 25.2. The molecule has 51 heavy (non-hydrogen) atoms. The van der Waals surface area contributed by atoms with Crippen LogP contribution in [0.15, 0.2) is 164 Å². The molecule has 10 rings (SSSR count). The Labute approximate surface area is 299 Å². The highest BCUT2D eigenvalue weighted by Crippen LogP contribution is 2.40. The second-order valence-electron chi connectivity index (χ2n) is 13.0. The van der Waals surface area contributed by atoms with E-state index in [2.05, 4.69) is 139 Å². The van der Waals surface area contributed by atoms with Gasteiger partial charge in [-0.2, -0.15) is 0 Å². The number of fused-ring (bicyclic) bond motifs is 6. The van der Waals surface area contributed by atoms with Gasteiger partial charge in [0.15, 0.2) is 17.5 Å². The van der Waals surface area contributed by atoms with E-state index in [-0.39, 0.29) is 0 Å². The quantitative estimate of drug-likeness (QED) is 0.183. The third-order valence-electron chi connectivity index (χ3n) is 9.72. The third kappa shape index (κ3) is 5.01. The van der Waals surface area contributed by atoms with Gasteiger partial charge in [0.25, 0.3) is 0 Å². The van der Waals surface area contributed by atoms with Gasteiger partial charge in [0.05, 0.1) is 16.7 Å². The highest BCUT2D eigenvalue weighted by Gasteiger charge is 2.20. The minimum Gasteiger partial charge on any atom is -0.308 e. The zero-order valence-corrected chi connectivity index (χ0v) is 28.6. The lowest BCUT2D eigenvalue weighted by molar-refractivity contribution is 1.06. The Morgan fingerprint density at radius 1 is 0.412 bits per heavy atom. The molecule has 240 valence electrons. The molecule has 3 aromatic heterocycles. The van der Waals surface area contributed by atoms with E-state index < -0.39 is 0 Å². The summed E-state index contributed by atoms with van der Waals surface area (Å²) in [6.07, 6.45) is 0. The molecule has 5 heteroatoms. The Bertz CT molecular complexity index is 2870. The van der Waals surface area contributed by atoms with Crippen molar-refractivity contribution in [1.29, 1.82) is 0 Å². The Morgan fingerprint density at radius 2 is 0.980 bits per heavy atom. The van der Waals surface area contributed by atoms with Crippen LogP contribution in [0, 0.1) is 6.92 Å². The molecule has 0 radical (unpaired) electrons. The normalized spacial score (nSPS) is 11.6. The van der Waals surface area contributed by atoms with Crippen LogP contribution >= 0.6 is 11.3 Å².